The van der Waals surface area contributed by atoms with E-state index in [1.165, 1.54) is 0 Å². The van der Waals surface area contributed by atoms with Gasteiger partial charge >= 0.3 is 6.03 Å². The molecule has 28 heavy (non-hydrogen) atoms. The van der Waals surface area contributed by atoms with Crippen LogP contribution in [0.1, 0.15) is 36.6 Å². The lowest BCUT2D eigenvalue weighted by molar-refractivity contribution is 0.171. The molecule has 2 N–H and O–H groups in total. The number of amides is 2. The number of rotatable bonds is 7. The van der Waals surface area contributed by atoms with Crippen LogP contribution < -0.4 is 20.1 Å². The molecule has 0 aromatic heterocycles. The molecule has 0 unspecified atom stereocenters. The van der Waals surface area contributed by atoms with E-state index in [0.717, 1.165) is 28.2 Å². The molecule has 1 heterocycles. The van der Waals surface area contributed by atoms with E-state index in [2.05, 4.69) is 24.5 Å². The Kier molecular flexibility index (Phi) is 6.76. The predicted octanol–water partition coefficient (Wildman–Crippen LogP) is 3.80. The normalized spacial score (nSPS) is 13.9. The molecule has 6 heteroatoms. The van der Waals surface area contributed by atoms with Gasteiger partial charge in [0.2, 0.25) is 0 Å². The van der Waals surface area contributed by atoms with Gasteiger partial charge in [0.15, 0.2) is 11.5 Å². The Balaban J connectivity index is 1.65. The van der Waals surface area contributed by atoms with E-state index < -0.39 is 0 Å². The highest BCUT2D eigenvalue weighted by atomic mass is 16.6. The maximum atomic E-state index is 12.6. The van der Waals surface area contributed by atoms with Crippen molar-refractivity contribution >= 4 is 6.03 Å². The smallest absolute Gasteiger partial charge is 0.315 e. The first kappa shape index (κ1) is 20.0. The fraction of sp³-hybridized carbons (Fsp3) is 0.409. The van der Waals surface area contributed by atoms with Crippen molar-refractivity contribution in [3.8, 4) is 11.5 Å². The Bertz CT molecular complexity index is 807. The second-order valence-corrected chi connectivity index (χ2v) is 7.15. The first-order valence-corrected chi connectivity index (χ1v) is 9.58. The van der Waals surface area contributed by atoms with Crippen molar-refractivity contribution in [2.45, 2.75) is 33.0 Å². The van der Waals surface area contributed by atoms with E-state index in [0.29, 0.717) is 26.4 Å². The van der Waals surface area contributed by atoms with Gasteiger partial charge in [-0.2, -0.15) is 0 Å². The molecule has 2 aromatic carbocycles. The number of nitrogens with one attached hydrogen (secondary N) is 2. The molecule has 1 aliphatic heterocycles. The minimum absolute atomic E-state index is 0.134. The van der Waals surface area contributed by atoms with Crippen LogP contribution in [0, 0.1) is 5.92 Å². The van der Waals surface area contributed by atoms with Crippen LogP contribution in [0.15, 0.2) is 42.5 Å². The van der Waals surface area contributed by atoms with Gasteiger partial charge in [0.25, 0.3) is 0 Å². The summed E-state index contributed by atoms with van der Waals surface area (Å²) in [5.74, 6) is 1.69. The lowest BCUT2D eigenvalue weighted by atomic mass is 9.95. The molecular weight excluding hydrogens is 356 g/mol. The van der Waals surface area contributed by atoms with E-state index in [9.17, 15) is 4.79 Å². The highest BCUT2D eigenvalue weighted by Gasteiger charge is 2.21. The molecule has 0 fully saturated rings. The molecule has 2 amide bonds. The first-order chi connectivity index (χ1) is 13.6. The van der Waals surface area contributed by atoms with Gasteiger partial charge in [0.05, 0.1) is 12.6 Å². The molecule has 0 spiro atoms. The first-order valence-electron chi connectivity index (χ1n) is 9.58. The largest absolute Gasteiger partial charge is 0.486 e. The van der Waals surface area contributed by atoms with Gasteiger partial charge < -0.3 is 24.8 Å². The summed E-state index contributed by atoms with van der Waals surface area (Å²) in [7, 11) is 1.66. The Morgan fingerprint density at radius 2 is 1.79 bits per heavy atom. The van der Waals surface area contributed by atoms with Crippen LogP contribution in [-0.2, 0) is 17.9 Å². The molecule has 0 saturated carbocycles. The van der Waals surface area contributed by atoms with Gasteiger partial charge in [-0.15, -0.1) is 0 Å². The van der Waals surface area contributed by atoms with Crippen LogP contribution >= 0.6 is 0 Å². The van der Waals surface area contributed by atoms with Gasteiger partial charge in [-0.3, -0.25) is 0 Å². The summed E-state index contributed by atoms with van der Waals surface area (Å²) in [6.07, 6.45) is 0. The van der Waals surface area contributed by atoms with E-state index in [1.54, 1.807) is 7.11 Å². The van der Waals surface area contributed by atoms with Crippen molar-refractivity contribution in [3.05, 3.63) is 59.2 Å². The van der Waals surface area contributed by atoms with E-state index >= 15 is 0 Å². The second kappa shape index (κ2) is 9.46. The molecule has 0 saturated heterocycles. The van der Waals surface area contributed by atoms with Gasteiger partial charge in [-0.05, 0) is 34.7 Å². The zero-order valence-corrected chi connectivity index (χ0v) is 16.7. The number of carbonyl (C=O) groups excluding carboxylic acids is 1. The molecule has 1 atom stereocenters. The Hall–Kier alpha value is -2.73. The van der Waals surface area contributed by atoms with Crippen molar-refractivity contribution in [1.29, 1.82) is 0 Å². The highest BCUT2D eigenvalue weighted by molar-refractivity contribution is 5.74. The zero-order chi connectivity index (χ0) is 19.9. The van der Waals surface area contributed by atoms with Crippen molar-refractivity contribution < 1.29 is 19.0 Å². The third-order valence-corrected chi connectivity index (χ3v) is 4.74. The molecule has 0 aliphatic carbocycles. The summed E-state index contributed by atoms with van der Waals surface area (Å²) in [5.41, 5.74) is 3.10. The minimum Gasteiger partial charge on any atom is -0.486 e. The van der Waals surface area contributed by atoms with Crippen LogP contribution in [0.25, 0.3) is 0 Å². The molecule has 0 bridgehead atoms. The van der Waals surface area contributed by atoms with Crippen molar-refractivity contribution in [2.24, 2.45) is 5.92 Å². The van der Waals surface area contributed by atoms with Gasteiger partial charge in [-0.25, -0.2) is 4.79 Å². The summed E-state index contributed by atoms with van der Waals surface area (Å²) < 4.78 is 16.5. The zero-order valence-electron chi connectivity index (χ0n) is 16.7. The molecule has 3 rings (SSSR count). The second-order valence-electron chi connectivity index (χ2n) is 7.15. The van der Waals surface area contributed by atoms with Crippen molar-refractivity contribution in [3.63, 3.8) is 0 Å². The van der Waals surface area contributed by atoms with Crippen molar-refractivity contribution in [2.75, 3.05) is 20.3 Å². The summed E-state index contributed by atoms with van der Waals surface area (Å²) in [5, 5.41) is 6.04. The maximum absolute atomic E-state index is 12.6. The molecule has 0 radical (unpaired) electrons. The topological polar surface area (TPSA) is 68.8 Å². The number of methoxy groups -OCH3 is 1. The lowest BCUT2D eigenvalue weighted by Crippen LogP contribution is -2.39. The molecule has 150 valence electrons. The Morgan fingerprint density at radius 3 is 2.50 bits per heavy atom. The standard InChI is InChI=1S/C22H28N2O4/c1-15(2)21(16-8-9-19-20(12-16)28-11-10-27-19)24-22(25)23-13-17-6-4-5-7-18(17)14-26-3/h4-9,12,15,21H,10-11,13-14H2,1-3H3,(H2,23,24,25)/t21-/m0/s1. The van der Waals surface area contributed by atoms with Crippen LogP contribution in [0.5, 0.6) is 11.5 Å². The molecule has 2 aromatic rings. The quantitative estimate of drug-likeness (QED) is 0.762. The predicted molar refractivity (Wildman–Crippen MR) is 108 cm³/mol. The summed E-state index contributed by atoms with van der Waals surface area (Å²) in [4.78, 5) is 12.6. The van der Waals surface area contributed by atoms with Gasteiger partial charge in [-0.1, -0.05) is 44.2 Å². The molecular formula is C22H28N2O4. The number of urea groups is 1. The van der Waals surface area contributed by atoms with E-state index in [1.807, 2.05) is 42.5 Å². The number of hydrogen-bond donors (Lipinski definition) is 2. The average Bonchev–Trinajstić information content (AvgIpc) is 2.71. The van der Waals surface area contributed by atoms with E-state index in [-0.39, 0.29) is 18.0 Å². The monoisotopic (exact) mass is 384 g/mol. The number of fused-ring (bicyclic) bond motifs is 1. The summed E-state index contributed by atoms with van der Waals surface area (Å²) in [6.45, 7) is 6.22. The third-order valence-electron chi connectivity index (χ3n) is 4.74. The van der Waals surface area contributed by atoms with Crippen LogP contribution in [0.3, 0.4) is 0 Å². The molecule has 1 aliphatic rings. The van der Waals surface area contributed by atoms with Crippen LogP contribution in [0.4, 0.5) is 4.79 Å². The average molecular weight is 384 g/mol. The molecule has 6 nitrogen and oxygen atoms in total. The number of ether oxygens (including phenoxy) is 3. The summed E-state index contributed by atoms with van der Waals surface area (Å²) in [6, 6.07) is 13.4. The maximum Gasteiger partial charge on any atom is 0.315 e. The SMILES string of the molecule is COCc1ccccc1CNC(=O)N[C@H](c1ccc2c(c1)OCCO2)C(C)C. The van der Waals surface area contributed by atoms with Crippen LogP contribution in [0.2, 0.25) is 0 Å². The number of hydrogen-bond acceptors (Lipinski definition) is 4. The lowest BCUT2D eigenvalue weighted by Gasteiger charge is -2.25. The summed E-state index contributed by atoms with van der Waals surface area (Å²) >= 11 is 0. The minimum atomic E-state index is -0.208. The fourth-order valence-corrected chi connectivity index (χ4v) is 3.28. The highest BCUT2D eigenvalue weighted by Crippen LogP contribution is 2.34. The van der Waals surface area contributed by atoms with Crippen molar-refractivity contribution in [1.82, 2.24) is 10.6 Å². The number of benzene rings is 2. The number of carbonyl (C=O) groups is 1. The van der Waals surface area contributed by atoms with E-state index in [4.69, 9.17) is 14.2 Å². The fourth-order valence-electron chi connectivity index (χ4n) is 3.28. The van der Waals surface area contributed by atoms with Gasteiger partial charge in [0.1, 0.15) is 13.2 Å². The van der Waals surface area contributed by atoms with Gasteiger partial charge in [0, 0.05) is 13.7 Å². The Labute approximate surface area is 166 Å². The third kappa shape index (κ3) is 4.95. The Morgan fingerprint density at radius 1 is 1.07 bits per heavy atom. The van der Waals surface area contributed by atoms with Crippen LogP contribution in [-0.4, -0.2) is 26.4 Å².